The van der Waals surface area contributed by atoms with Gasteiger partial charge < -0.3 is 9.84 Å². The van der Waals surface area contributed by atoms with Crippen molar-refractivity contribution in [2.24, 2.45) is 0 Å². The van der Waals surface area contributed by atoms with E-state index in [4.69, 9.17) is 9.84 Å². The molecule has 39 heavy (non-hydrogen) atoms. The van der Waals surface area contributed by atoms with Crippen molar-refractivity contribution in [3.05, 3.63) is 24.3 Å². The molecule has 0 heterocycles. The summed E-state index contributed by atoms with van der Waals surface area (Å²) in [5, 5.41) is 8.77. The molecule has 4 heteroatoms. The maximum Gasteiger partial charge on any atom is 0.306 e. The monoisotopic (exact) mass is 548 g/mol. The van der Waals surface area contributed by atoms with Gasteiger partial charge >= 0.3 is 11.9 Å². The van der Waals surface area contributed by atoms with Crippen LogP contribution in [-0.2, 0) is 14.3 Å². The SMILES string of the molecule is CCC/C=C\C/C=C\C(CCCCCCC(=O)O)OC(=O)CCCCCCCCCCCCCCCCCC. The van der Waals surface area contributed by atoms with Crippen molar-refractivity contribution in [1.29, 1.82) is 0 Å². The molecule has 0 aromatic heterocycles. The van der Waals surface area contributed by atoms with E-state index in [0.29, 0.717) is 6.42 Å². The quantitative estimate of drug-likeness (QED) is 0.0550. The highest BCUT2D eigenvalue weighted by molar-refractivity contribution is 5.69. The van der Waals surface area contributed by atoms with E-state index in [1.165, 1.54) is 89.9 Å². The van der Waals surface area contributed by atoms with Gasteiger partial charge in [-0.1, -0.05) is 148 Å². The number of carbonyl (C=O) groups is 2. The van der Waals surface area contributed by atoms with Crippen LogP contribution >= 0.6 is 0 Å². The normalized spacial score (nSPS) is 12.5. The summed E-state index contributed by atoms with van der Waals surface area (Å²) in [6, 6.07) is 0. The number of aliphatic carboxylic acids is 1. The summed E-state index contributed by atoms with van der Waals surface area (Å²) in [6.45, 7) is 4.45. The number of rotatable bonds is 30. The molecular weight excluding hydrogens is 484 g/mol. The van der Waals surface area contributed by atoms with Crippen molar-refractivity contribution in [2.45, 2.75) is 187 Å². The first kappa shape index (κ1) is 37.4. The van der Waals surface area contributed by atoms with Gasteiger partial charge in [-0.25, -0.2) is 0 Å². The highest BCUT2D eigenvalue weighted by Gasteiger charge is 2.11. The Kier molecular flexibility index (Phi) is 29.7. The molecule has 0 amide bonds. The number of esters is 1. The van der Waals surface area contributed by atoms with Crippen molar-refractivity contribution in [3.63, 3.8) is 0 Å². The standard InChI is InChI=1S/C35H64O4/c1-3-5-7-9-11-12-13-14-15-16-17-18-19-20-22-28-32-35(38)39-33(29-25-21-10-8-6-4-2)30-26-23-24-27-31-34(36)37/h8,10,25,29,33H,3-7,9,11-24,26-28,30-32H2,1-2H3,(H,36,37)/b10-8-,29-25-. The van der Waals surface area contributed by atoms with E-state index in [0.717, 1.165) is 64.2 Å². The van der Waals surface area contributed by atoms with Crippen molar-refractivity contribution in [1.82, 2.24) is 0 Å². The summed E-state index contributed by atoms with van der Waals surface area (Å²) in [7, 11) is 0. The molecule has 1 atom stereocenters. The number of hydrogen-bond acceptors (Lipinski definition) is 3. The maximum absolute atomic E-state index is 12.5. The number of unbranched alkanes of at least 4 members (excludes halogenated alkanes) is 19. The fourth-order valence-corrected chi connectivity index (χ4v) is 4.90. The molecule has 228 valence electrons. The zero-order valence-electron chi connectivity index (χ0n) is 25.9. The second-order valence-corrected chi connectivity index (χ2v) is 11.4. The van der Waals surface area contributed by atoms with E-state index in [2.05, 4.69) is 32.1 Å². The molecule has 0 aliphatic rings. The van der Waals surface area contributed by atoms with E-state index in [1.54, 1.807) is 0 Å². The maximum atomic E-state index is 12.5. The average Bonchev–Trinajstić information content (AvgIpc) is 2.91. The molecule has 0 spiro atoms. The molecule has 1 N–H and O–H groups in total. The highest BCUT2D eigenvalue weighted by Crippen LogP contribution is 2.16. The first-order chi connectivity index (χ1) is 19.1. The summed E-state index contributed by atoms with van der Waals surface area (Å²) in [4.78, 5) is 23.1. The number of hydrogen-bond donors (Lipinski definition) is 1. The Labute approximate surface area is 242 Å². The van der Waals surface area contributed by atoms with Crippen LogP contribution in [0.15, 0.2) is 24.3 Å². The second-order valence-electron chi connectivity index (χ2n) is 11.4. The molecule has 0 radical (unpaired) electrons. The Balaban J connectivity index is 3.89. The molecular formula is C35H64O4. The van der Waals surface area contributed by atoms with E-state index < -0.39 is 5.97 Å². The summed E-state index contributed by atoms with van der Waals surface area (Å²) < 4.78 is 5.80. The van der Waals surface area contributed by atoms with Gasteiger partial charge in [0, 0.05) is 12.8 Å². The van der Waals surface area contributed by atoms with Gasteiger partial charge in [0.25, 0.3) is 0 Å². The van der Waals surface area contributed by atoms with Crippen LogP contribution in [0.5, 0.6) is 0 Å². The summed E-state index contributed by atoms with van der Waals surface area (Å²) in [5.41, 5.74) is 0. The molecule has 0 fully saturated rings. The van der Waals surface area contributed by atoms with Gasteiger partial charge in [0.05, 0.1) is 0 Å². The average molecular weight is 549 g/mol. The van der Waals surface area contributed by atoms with Crippen molar-refractivity contribution in [2.75, 3.05) is 0 Å². The van der Waals surface area contributed by atoms with Crippen LogP contribution in [0, 0.1) is 0 Å². The minimum absolute atomic E-state index is 0.0811. The minimum Gasteiger partial charge on any atom is -0.481 e. The molecule has 0 saturated heterocycles. The third-order valence-electron chi connectivity index (χ3n) is 7.39. The van der Waals surface area contributed by atoms with Crippen LogP contribution in [0.3, 0.4) is 0 Å². The van der Waals surface area contributed by atoms with Crippen LogP contribution in [0.1, 0.15) is 181 Å². The lowest BCUT2D eigenvalue weighted by Crippen LogP contribution is -2.16. The van der Waals surface area contributed by atoms with Crippen LogP contribution in [0.2, 0.25) is 0 Å². The van der Waals surface area contributed by atoms with Gasteiger partial charge in [0.1, 0.15) is 6.10 Å². The van der Waals surface area contributed by atoms with E-state index in [1.807, 2.05) is 6.08 Å². The molecule has 0 bridgehead atoms. The predicted octanol–water partition coefficient (Wildman–Crippen LogP) is 11.3. The number of allylic oxidation sites excluding steroid dienone is 3. The lowest BCUT2D eigenvalue weighted by molar-refractivity contribution is -0.147. The Hall–Kier alpha value is -1.58. The molecule has 1 unspecified atom stereocenters. The third-order valence-corrected chi connectivity index (χ3v) is 7.39. The Morgan fingerprint density at radius 1 is 0.590 bits per heavy atom. The van der Waals surface area contributed by atoms with Gasteiger partial charge in [-0.2, -0.15) is 0 Å². The van der Waals surface area contributed by atoms with Gasteiger partial charge in [-0.05, 0) is 44.6 Å². The molecule has 0 aromatic rings. The number of carboxylic acid groups (broad SMARTS) is 1. The highest BCUT2D eigenvalue weighted by atomic mass is 16.5. The van der Waals surface area contributed by atoms with Crippen LogP contribution in [-0.4, -0.2) is 23.1 Å². The lowest BCUT2D eigenvalue weighted by Gasteiger charge is -2.14. The van der Waals surface area contributed by atoms with Gasteiger partial charge in [0.15, 0.2) is 0 Å². The smallest absolute Gasteiger partial charge is 0.306 e. The molecule has 0 aliphatic heterocycles. The number of carbonyl (C=O) groups excluding carboxylic acids is 1. The summed E-state index contributed by atoms with van der Waals surface area (Å²) >= 11 is 0. The molecule has 0 rings (SSSR count). The van der Waals surface area contributed by atoms with Gasteiger partial charge in [-0.15, -0.1) is 0 Å². The van der Waals surface area contributed by atoms with Crippen LogP contribution in [0.4, 0.5) is 0 Å². The molecule has 4 nitrogen and oxygen atoms in total. The van der Waals surface area contributed by atoms with Crippen molar-refractivity contribution < 1.29 is 19.4 Å². The van der Waals surface area contributed by atoms with E-state index >= 15 is 0 Å². The first-order valence-electron chi connectivity index (χ1n) is 16.8. The minimum atomic E-state index is -0.727. The zero-order chi connectivity index (χ0) is 28.7. The molecule has 0 aliphatic carbocycles. The van der Waals surface area contributed by atoms with Crippen molar-refractivity contribution in [3.8, 4) is 0 Å². The van der Waals surface area contributed by atoms with Gasteiger partial charge in [-0.3, -0.25) is 9.59 Å². The molecule has 0 aromatic carbocycles. The topological polar surface area (TPSA) is 63.6 Å². The Morgan fingerprint density at radius 2 is 1.08 bits per heavy atom. The summed E-state index contributed by atoms with van der Waals surface area (Å²) in [5.74, 6) is -0.808. The first-order valence-corrected chi connectivity index (χ1v) is 16.8. The second kappa shape index (κ2) is 31.0. The fourth-order valence-electron chi connectivity index (χ4n) is 4.90. The van der Waals surface area contributed by atoms with Crippen molar-refractivity contribution >= 4 is 11.9 Å². The Morgan fingerprint density at radius 3 is 1.59 bits per heavy atom. The van der Waals surface area contributed by atoms with E-state index in [-0.39, 0.29) is 18.5 Å². The summed E-state index contributed by atoms with van der Waals surface area (Å²) in [6.07, 6.45) is 37.8. The predicted molar refractivity (Wildman–Crippen MR) is 167 cm³/mol. The largest absolute Gasteiger partial charge is 0.481 e. The Bertz CT molecular complexity index is 595. The van der Waals surface area contributed by atoms with Gasteiger partial charge in [0.2, 0.25) is 0 Å². The van der Waals surface area contributed by atoms with Crippen LogP contribution < -0.4 is 0 Å². The lowest BCUT2D eigenvalue weighted by atomic mass is 10.0. The van der Waals surface area contributed by atoms with Crippen LogP contribution in [0.25, 0.3) is 0 Å². The number of carboxylic acids is 1. The van der Waals surface area contributed by atoms with E-state index in [9.17, 15) is 9.59 Å². The fraction of sp³-hybridized carbons (Fsp3) is 0.829. The number of ether oxygens (including phenoxy) is 1. The zero-order valence-corrected chi connectivity index (χ0v) is 25.9. The molecule has 0 saturated carbocycles. The third kappa shape index (κ3) is 30.8.